The predicted molar refractivity (Wildman–Crippen MR) is 108 cm³/mol. The van der Waals surface area contributed by atoms with Crippen LogP contribution in [0.5, 0.6) is 0 Å². The van der Waals surface area contributed by atoms with Gasteiger partial charge in [0.05, 0.1) is 0 Å². The quantitative estimate of drug-likeness (QED) is 0.700. The number of nitrogens with zero attached hydrogens (tertiary/aromatic N) is 2. The number of anilines is 2. The predicted octanol–water partition coefficient (Wildman–Crippen LogP) is 5.38. The lowest BCUT2D eigenvalue weighted by molar-refractivity contribution is -0.127. The van der Waals surface area contributed by atoms with E-state index in [-0.39, 0.29) is 12.1 Å². The van der Waals surface area contributed by atoms with Crippen LogP contribution >= 0.6 is 0 Å². The van der Waals surface area contributed by atoms with Crippen LogP contribution in [0.1, 0.15) is 34.1 Å². The van der Waals surface area contributed by atoms with Gasteiger partial charge in [0.2, 0.25) is 0 Å². The van der Waals surface area contributed by atoms with Crippen molar-refractivity contribution in [1.29, 1.82) is 0 Å². The number of amides is 1. The summed E-state index contributed by atoms with van der Waals surface area (Å²) in [5.74, 6) is 0.719. The van der Waals surface area contributed by atoms with Crippen LogP contribution < -0.4 is 4.90 Å². The van der Waals surface area contributed by atoms with E-state index < -0.39 is 0 Å². The summed E-state index contributed by atoms with van der Waals surface area (Å²) in [6.45, 7) is 9.22. The van der Waals surface area contributed by atoms with E-state index in [4.69, 9.17) is 0 Å². The number of hydrogen-bond donors (Lipinski definition) is 0. The van der Waals surface area contributed by atoms with Crippen molar-refractivity contribution in [1.82, 2.24) is 4.90 Å². The molecule has 1 unspecified atom stereocenters. The van der Waals surface area contributed by atoms with E-state index in [1.165, 1.54) is 0 Å². The Balaban J connectivity index is 2.07. The molecule has 3 nitrogen and oxygen atoms in total. The smallest absolute Gasteiger partial charge is 0.251 e. The third-order valence-electron chi connectivity index (χ3n) is 5.12. The van der Waals surface area contributed by atoms with Gasteiger partial charge in [-0.15, -0.1) is 0 Å². The minimum atomic E-state index is -0.0777. The lowest BCUT2D eigenvalue weighted by Gasteiger charge is -2.38. The zero-order valence-electron chi connectivity index (χ0n) is 16.1. The van der Waals surface area contributed by atoms with Crippen LogP contribution in [0.4, 0.5) is 11.4 Å². The van der Waals surface area contributed by atoms with Gasteiger partial charge in [0.1, 0.15) is 6.17 Å². The molecule has 0 radical (unpaired) electrons. The summed E-state index contributed by atoms with van der Waals surface area (Å²) in [6.07, 6.45) is 0.922. The molecule has 1 amide bonds. The van der Waals surface area contributed by atoms with Crippen molar-refractivity contribution in [2.75, 3.05) is 11.4 Å². The second-order valence-corrected chi connectivity index (χ2v) is 7.40. The van der Waals surface area contributed by atoms with Crippen LogP contribution in [0.3, 0.4) is 0 Å². The first-order valence-electron chi connectivity index (χ1n) is 9.38. The topological polar surface area (TPSA) is 23.6 Å². The highest BCUT2D eigenvalue weighted by atomic mass is 16.2. The van der Waals surface area contributed by atoms with Crippen LogP contribution in [0.15, 0.2) is 71.8 Å². The number of benzene rings is 2. The second kappa shape index (κ2) is 7.77. The molecule has 0 aliphatic carbocycles. The maximum absolute atomic E-state index is 12.9. The summed E-state index contributed by atoms with van der Waals surface area (Å²) >= 11 is 0. The fraction of sp³-hybridized carbons (Fsp3) is 0.348. The largest absolute Gasteiger partial charge is 0.317 e. The first-order chi connectivity index (χ1) is 12.5. The van der Waals surface area contributed by atoms with E-state index in [1.54, 1.807) is 0 Å². The van der Waals surface area contributed by atoms with Crippen molar-refractivity contribution in [3.8, 4) is 0 Å². The molecule has 1 aliphatic heterocycles. The second-order valence-electron chi connectivity index (χ2n) is 7.40. The van der Waals surface area contributed by atoms with Crippen molar-refractivity contribution in [2.45, 2.75) is 40.3 Å². The molecule has 0 N–H and O–H groups in total. The molecule has 0 spiro atoms. The first-order valence-corrected chi connectivity index (χ1v) is 9.38. The van der Waals surface area contributed by atoms with E-state index in [9.17, 15) is 4.79 Å². The Morgan fingerprint density at radius 3 is 1.88 bits per heavy atom. The standard InChI is InChI=1S/C23H28N2O/c1-17(2)15-16-24-22(18(3)19(4)23(24)26)25(20-11-7-5-8-12-20)21-13-9-6-10-14-21/h5-14,17,22H,15-16H2,1-4H3. The summed E-state index contributed by atoms with van der Waals surface area (Å²) in [4.78, 5) is 17.3. The zero-order valence-corrected chi connectivity index (χ0v) is 16.1. The van der Waals surface area contributed by atoms with Crippen LogP contribution in [0.2, 0.25) is 0 Å². The van der Waals surface area contributed by atoms with Crippen LogP contribution in [-0.2, 0) is 4.79 Å². The lowest BCUT2D eigenvalue weighted by atomic mass is 10.1. The van der Waals surface area contributed by atoms with Crippen LogP contribution in [0, 0.1) is 5.92 Å². The SMILES string of the molecule is CC1=C(C)C(N(c2ccccc2)c2ccccc2)N(CCC(C)C)C1=O. The van der Waals surface area contributed by atoms with Gasteiger partial charge in [0, 0.05) is 23.5 Å². The molecule has 0 fully saturated rings. The number of rotatable bonds is 6. The molecule has 0 aromatic heterocycles. The normalized spacial score (nSPS) is 17.3. The average Bonchev–Trinajstić information content (AvgIpc) is 2.86. The van der Waals surface area contributed by atoms with Gasteiger partial charge in [0.25, 0.3) is 5.91 Å². The third-order valence-corrected chi connectivity index (χ3v) is 5.12. The van der Waals surface area contributed by atoms with E-state index in [2.05, 4.69) is 49.9 Å². The molecule has 2 aromatic carbocycles. The van der Waals surface area contributed by atoms with Crippen LogP contribution in [0.25, 0.3) is 0 Å². The number of para-hydroxylation sites is 2. The van der Waals surface area contributed by atoms with Crippen LogP contribution in [-0.4, -0.2) is 23.5 Å². The molecular formula is C23H28N2O. The Morgan fingerprint density at radius 2 is 1.42 bits per heavy atom. The Hall–Kier alpha value is -2.55. The summed E-state index contributed by atoms with van der Waals surface area (Å²) in [5.41, 5.74) is 4.20. The van der Waals surface area contributed by atoms with Gasteiger partial charge in [-0.05, 0) is 56.0 Å². The Kier molecular flexibility index (Phi) is 5.46. The zero-order chi connectivity index (χ0) is 18.7. The van der Waals surface area contributed by atoms with Gasteiger partial charge in [-0.25, -0.2) is 0 Å². The highest BCUT2D eigenvalue weighted by molar-refractivity contribution is 5.98. The highest BCUT2D eigenvalue weighted by Gasteiger charge is 2.39. The summed E-state index contributed by atoms with van der Waals surface area (Å²) < 4.78 is 0. The monoisotopic (exact) mass is 348 g/mol. The Bertz CT molecular complexity index is 741. The van der Waals surface area contributed by atoms with Crippen molar-refractivity contribution >= 4 is 17.3 Å². The van der Waals surface area contributed by atoms with Gasteiger partial charge < -0.3 is 9.80 Å². The molecule has 26 heavy (non-hydrogen) atoms. The molecule has 1 aliphatic rings. The summed E-state index contributed by atoms with van der Waals surface area (Å²) in [7, 11) is 0. The van der Waals surface area contributed by atoms with E-state index in [1.807, 2.05) is 48.2 Å². The maximum Gasteiger partial charge on any atom is 0.251 e. The van der Waals surface area contributed by atoms with E-state index in [0.717, 1.165) is 35.5 Å². The van der Waals surface area contributed by atoms with Gasteiger partial charge in [-0.1, -0.05) is 50.2 Å². The van der Waals surface area contributed by atoms with E-state index in [0.29, 0.717) is 5.92 Å². The summed E-state index contributed by atoms with van der Waals surface area (Å²) in [6, 6.07) is 20.7. The van der Waals surface area contributed by atoms with Crippen molar-refractivity contribution in [3.05, 3.63) is 71.8 Å². The first kappa shape index (κ1) is 18.2. The molecule has 136 valence electrons. The minimum absolute atomic E-state index is 0.0777. The molecule has 3 rings (SSSR count). The summed E-state index contributed by atoms with van der Waals surface area (Å²) in [5, 5.41) is 0. The third kappa shape index (κ3) is 3.52. The lowest BCUT2D eigenvalue weighted by Crippen LogP contribution is -2.46. The Morgan fingerprint density at radius 1 is 0.923 bits per heavy atom. The molecule has 0 bridgehead atoms. The Labute approximate surface area is 156 Å². The molecular weight excluding hydrogens is 320 g/mol. The number of carbonyl (C=O) groups excluding carboxylic acids is 1. The van der Waals surface area contributed by atoms with Gasteiger partial charge in [0.15, 0.2) is 0 Å². The van der Waals surface area contributed by atoms with Gasteiger partial charge in [-0.3, -0.25) is 4.79 Å². The van der Waals surface area contributed by atoms with Gasteiger partial charge >= 0.3 is 0 Å². The molecule has 0 saturated heterocycles. The molecule has 1 atom stereocenters. The number of hydrogen-bond acceptors (Lipinski definition) is 2. The van der Waals surface area contributed by atoms with E-state index >= 15 is 0 Å². The minimum Gasteiger partial charge on any atom is -0.317 e. The highest BCUT2D eigenvalue weighted by Crippen LogP contribution is 2.37. The molecule has 2 aromatic rings. The molecule has 0 saturated carbocycles. The molecule has 3 heteroatoms. The van der Waals surface area contributed by atoms with Crippen molar-refractivity contribution in [2.24, 2.45) is 5.92 Å². The van der Waals surface area contributed by atoms with Crippen molar-refractivity contribution < 1.29 is 4.79 Å². The molecule has 1 heterocycles. The maximum atomic E-state index is 12.9. The average molecular weight is 348 g/mol. The fourth-order valence-corrected chi connectivity index (χ4v) is 3.49. The van der Waals surface area contributed by atoms with Gasteiger partial charge in [-0.2, -0.15) is 0 Å². The number of carbonyl (C=O) groups is 1. The fourth-order valence-electron chi connectivity index (χ4n) is 3.49. The van der Waals surface area contributed by atoms with Crippen molar-refractivity contribution in [3.63, 3.8) is 0 Å².